The zero-order valence-electron chi connectivity index (χ0n) is 13.6. The molecular formula is C17H17N3O4S. The predicted molar refractivity (Wildman–Crippen MR) is 92.8 cm³/mol. The van der Waals surface area contributed by atoms with Crippen LogP contribution in [0.15, 0.2) is 36.0 Å². The van der Waals surface area contributed by atoms with Crippen LogP contribution in [0.25, 0.3) is 0 Å². The minimum Gasteiger partial charge on any atom is -0.481 e. The normalized spacial score (nSPS) is 19.6. The van der Waals surface area contributed by atoms with Crippen LogP contribution in [0.2, 0.25) is 0 Å². The standard InChI is InChI=1S/C17H17N3O4S/c1-17(16(23)24)5-8-20(10-17)15(22)13-12(4-9-25-13)19-14(21)11-2-6-18-7-3-11/h2-4,6-7,9H,5,8,10H2,1H3,(H,19,21)(H,23,24). The summed E-state index contributed by atoms with van der Waals surface area (Å²) in [4.78, 5) is 42.1. The molecule has 2 aromatic heterocycles. The molecule has 0 aliphatic carbocycles. The van der Waals surface area contributed by atoms with E-state index in [1.54, 1.807) is 30.5 Å². The average molecular weight is 359 g/mol. The van der Waals surface area contributed by atoms with Crippen molar-refractivity contribution in [3.63, 3.8) is 0 Å². The number of aromatic nitrogens is 1. The molecule has 0 bridgehead atoms. The number of anilines is 1. The zero-order chi connectivity index (χ0) is 18.0. The number of carboxylic acids is 1. The number of hydrogen-bond donors (Lipinski definition) is 2. The third-order valence-corrected chi connectivity index (χ3v) is 5.23. The summed E-state index contributed by atoms with van der Waals surface area (Å²) in [6.45, 7) is 2.19. The number of nitrogens with zero attached hydrogens (tertiary/aromatic N) is 2. The van der Waals surface area contributed by atoms with Gasteiger partial charge in [0.15, 0.2) is 0 Å². The van der Waals surface area contributed by atoms with Gasteiger partial charge in [-0.2, -0.15) is 0 Å². The van der Waals surface area contributed by atoms with Crippen molar-refractivity contribution in [3.05, 3.63) is 46.4 Å². The Balaban J connectivity index is 1.75. The van der Waals surface area contributed by atoms with Gasteiger partial charge in [-0.05, 0) is 36.9 Å². The molecule has 0 saturated carbocycles. The highest BCUT2D eigenvalue weighted by Gasteiger charge is 2.42. The van der Waals surface area contributed by atoms with Gasteiger partial charge in [-0.3, -0.25) is 19.4 Å². The lowest BCUT2D eigenvalue weighted by Gasteiger charge is -2.20. The van der Waals surface area contributed by atoms with Crippen LogP contribution in [0.4, 0.5) is 5.69 Å². The van der Waals surface area contributed by atoms with Crippen molar-refractivity contribution in [2.45, 2.75) is 13.3 Å². The van der Waals surface area contributed by atoms with Gasteiger partial charge in [0.25, 0.3) is 11.8 Å². The lowest BCUT2D eigenvalue weighted by molar-refractivity contribution is -0.147. The number of carboxylic acid groups (broad SMARTS) is 1. The van der Waals surface area contributed by atoms with Crippen LogP contribution in [0, 0.1) is 5.41 Å². The van der Waals surface area contributed by atoms with Crippen LogP contribution in [0.1, 0.15) is 33.4 Å². The van der Waals surface area contributed by atoms with Gasteiger partial charge in [-0.1, -0.05) is 0 Å². The molecule has 1 aliphatic rings. The van der Waals surface area contributed by atoms with Crippen LogP contribution >= 0.6 is 11.3 Å². The molecule has 7 nitrogen and oxygen atoms in total. The van der Waals surface area contributed by atoms with E-state index in [0.717, 1.165) is 0 Å². The van der Waals surface area contributed by atoms with E-state index in [1.165, 1.54) is 28.6 Å². The second kappa shape index (κ2) is 6.64. The first-order chi connectivity index (χ1) is 11.9. The van der Waals surface area contributed by atoms with Crippen molar-refractivity contribution in [3.8, 4) is 0 Å². The minimum absolute atomic E-state index is 0.163. The highest BCUT2D eigenvalue weighted by atomic mass is 32.1. The fourth-order valence-corrected chi connectivity index (χ4v) is 3.54. The van der Waals surface area contributed by atoms with Gasteiger partial charge < -0.3 is 15.3 Å². The number of pyridine rings is 1. The van der Waals surface area contributed by atoms with Crippen LogP contribution < -0.4 is 5.32 Å². The van der Waals surface area contributed by atoms with Gasteiger partial charge >= 0.3 is 5.97 Å². The van der Waals surface area contributed by atoms with E-state index in [2.05, 4.69) is 10.3 Å². The molecule has 0 radical (unpaired) electrons. The summed E-state index contributed by atoms with van der Waals surface area (Å²) in [6.07, 6.45) is 3.45. The number of likely N-dealkylation sites (tertiary alicyclic amines) is 1. The van der Waals surface area contributed by atoms with E-state index in [4.69, 9.17) is 0 Å². The van der Waals surface area contributed by atoms with Gasteiger partial charge in [-0.25, -0.2) is 0 Å². The Morgan fingerprint density at radius 3 is 2.64 bits per heavy atom. The number of hydrogen-bond acceptors (Lipinski definition) is 5. The second-order valence-corrected chi connectivity index (χ2v) is 7.11. The van der Waals surface area contributed by atoms with E-state index >= 15 is 0 Å². The minimum atomic E-state index is -0.923. The molecule has 130 valence electrons. The summed E-state index contributed by atoms with van der Waals surface area (Å²) in [7, 11) is 0. The van der Waals surface area contributed by atoms with Crippen molar-refractivity contribution >= 4 is 34.8 Å². The molecule has 3 rings (SSSR count). The van der Waals surface area contributed by atoms with Crippen molar-refractivity contribution < 1.29 is 19.5 Å². The molecule has 25 heavy (non-hydrogen) atoms. The summed E-state index contributed by atoms with van der Waals surface area (Å²) in [6, 6.07) is 4.84. The number of rotatable bonds is 4. The third-order valence-electron chi connectivity index (χ3n) is 4.33. The molecule has 1 saturated heterocycles. The monoisotopic (exact) mass is 359 g/mol. The molecule has 3 heterocycles. The van der Waals surface area contributed by atoms with Crippen LogP contribution in [0.3, 0.4) is 0 Å². The molecule has 2 amide bonds. The maximum Gasteiger partial charge on any atom is 0.311 e. The summed E-state index contributed by atoms with van der Waals surface area (Å²) in [5, 5.41) is 13.8. The molecule has 1 atom stereocenters. The van der Waals surface area contributed by atoms with Crippen molar-refractivity contribution in [1.82, 2.24) is 9.88 Å². The van der Waals surface area contributed by atoms with Crippen LogP contribution in [0.5, 0.6) is 0 Å². The summed E-state index contributed by atoms with van der Waals surface area (Å²) in [5.74, 6) is -1.49. The highest BCUT2D eigenvalue weighted by Crippen LogP contribution is 2.33. The molecule has 1 fully saturated rings. The molecule has 1 unspecified atom stereocenters. The number of amides is 2. The number of carbonyl (C=O) groups is 3. The Morgan fingerprint density at radius 2 is 2.00 bits per heavy atom. The van der Waals surface area contributed by atoms with E-state index in [9.17, 15) is 19.5 Å². The largest absolute Gasteiger partial charge is 0.481 e. The van der Waals surface area contributed by atoms with E-state index in [-0.39, 0.29) is 18.4 Å². The fraction of sp³-hybridized carbons (Fsp3) is 0.294. The third kappa shape index (κ3) is 3.39. The quantitative estimate of drug-likeness (QED) is 0.873. The van der Waals surface area contributed by atoms with Crippen molar-refractivity contribution in [1.29, 1.82) is 0 Å². The first kappa shape index (κ1) is 17.1. The SMILES string of the molecule is CC1(C(=O)O)CCN(C(=O)c2sccc2NC(=O)c2ccncc2)C1. The first-order valence-electron chi connectivity index (χ1n) is 7.72. The molecule has 2 aromatic rings. The maximum atomic E-state index is 12.7. The summed E-state index contributed by atoms with van der Waals surface area (Å²) >= 11 is 1.22. The Bertz CT molecular complexity index is 820. The number of aliphatic carboxylic acids is 1. The smallest absolute Gasteiger partial charge is 0.311 e. The number of carbonyl (C=O) groups excluding carboxylic acids is 2. The predicted octanol–water partition coefficient (Wildman–Crippen LogP) is 2.33. The zero-order valence-corrected chi connectivity index (χ0v) is 14.4. The average Bonchev–Trinajstić information content (AvgIpc) is 3.23. The van der Waals surface area contributed by atoms with Gasteiger partial charge in [-0.15, -0.1) is 11.3 Å². The Hall–Kier alpha value is -2.74. The first-order valence-corrected chi connectivity index (χ1v) is 8.60. The van der Waals surface area contributed by atoms with Crippen LogP contribution in [-0.2, 0) is 4.79 Å². The second-order valence-electron chi connectivity index (χ2n) is 6.20. The topological polar surface area (TPSA) is 99.6 Å². The van der Waals surface area contributed by atoms with Gasteiger partial charge in [0, 0.05) is 31.0 Å². The molecule has 0 aromatic carbocycles. The molecule has 8 heteroatoms. The van der Waals surface area contributed by atoms with Crippen molar-refractivity contribution in [2.75, 3.05) is 18.4 Å². The molecular weight excluding hydrogens is 342 g/mol. The van der Waals surface area contributed by atoms with Gasteiger partial charge in [0.05, 0.1) is 11.1 Å². The van der Waals surface area contributed by atoms with Gasteiger partial charge in [0.2, 0.25) is 0 Å². The number of nitrogens with one attached hydrogen (secondary N) is 1. The van der Waals surface area contributed by atoms with Crippen molar-refractivity contribution in [2.24, 2.45) is 5.41 Å². The maximum absolute atomic E-state index is 12.7. The van der Waals surface area contributed by atoms with E-state index in [0.29, 0.717) is 29.1 Å². The molecule has 0 spiro atoms. The van der Waals surface area contributed by atoms with Crippen LogP contribution in [-0.4, -0.2) is 45.9 Å². The van der Waals surface area contributed by atoms with Gasteiger partial charge in [0.1, 0.15) is 4.88 Å². The Kier molecular flexibility index (Phi) is 4.54. The molecule has 2 N–H and O–H groups in total. The Morgan fingerprint density at radius 1 is 1.28 bits per heavy atom. The molecule has 1 aliphatic heterocycles. The lowest BCUT2D eigenvalue weighted by atomic mass is 9.90. The number of thiophene rings is 1. The summed E-state index contributed by atoms with van der Waals surface area (Å²) < 4.78 is 0. The Labute approximate surface area is 148 Å². The van der Waals surface area contributed by atoms with E-state index < -0.39 is 11.4 Å². The lowest BCUT2D eigenvalue weighted by Crippen LogP contribution is -2.34. The fourth-order valence-electron chi connectivity index (χ4n) is 2.72. The summed E-state index contributed by atoms with van der Waals surface area (Å²) in [5.41, 5.74) is -0.0483. The highest BCUT2D eigenvalue weighted by molar-refractivity contribution is 7.12. The van der Waals surface area contributed by atoms with E-state index in [1.807, 2.05) is 0 Å².